The van der Waals surface area contributed by atoms with E-state index >= 15 is 0 Å². The van der Waals surface area contributed by atoms with E-state index in [9.17, 15) is 4.79 Å². The first-order valence-corrected chi connectivity index (χ1v) is 3.71. The van der Waals surface area contributed by atoms with Crippen LogP contribution in [0.4, 0.5) is 0 Å². The van der Waals surface area contributed by atoms with Crippen molar-refractivity contribution < 1.29 is 4.79 Å². The van der Waals surface area contributed by atoms with Crippen molar-refractivity contribution in [2.45, 2.75) is 19.4 Å². The van der Waals surface area contributed by atoms with Gasteiger partial charge >= 0.3 is 0 Å². The molecule has 0 amide bonds. The summed E-state index contributed by atoms with van der Waals surface area (Å²) < 4.78 is 0. The van der Waals surface area contributed by atoms with Crippen LogP contribution in [0.5, 0.6) is 0 Å². The molecule has 0 aliphatic heterocycles. The molecule has 0 aromatic carbocycles. The van der Waals surface area contributed by atoms with Crippen molar-refractivity contribution in [2.24, 2.45) is 11.7 Å². The molecular weight excluding hydrogens is 134 g/mol. The molecule has 2 nitrogen and oxygen atoms in total. The van der Waals surface area contributed by atoms with Crippen LogP contribution in [0.2, 0.25) is 0 Å². The number of hydrogen-bond acceptors (Lipinski definition) is 3. The lowest BCUT2D eigenvalue weighted by Crippen LogP contribution is -2.32. The van der Waals surface area contributed by atoms with E-state index in [2.05, 4.69) is 12.6 Å². The van der Waals surface area contributed by atoms with Gasteiger partial charge in [-0.1, -0.05) is 13.3 Å². The van der Waals surface area contributed by atoms with Gasteiger partial charge in [-0.05, 0) is 11.7 Å². The highest BCUT2D eigenvalue weighted by molar-refractivity contribution is 7.80. The summed E-state index contributed by atoms with van der Waals surface area (Å²) in [5.74, 6) is 0.932. The van der Waals surface area contributed by atoms with Crippen molar-refractivity contribution in [1.82, 2.24) is 0 Å². The summed E-state index contributed by atoms with van der Waals surface area (Å²) in [6, 6.07) is -0.326. The van der Waals surface area contributed by atoms with Gasteiger partial charge in [-0.3, -0.25) is 0 Å². The Hall–Kier alpha value is -0.0200. The minimum absolute atomic E-state index is 0.242. The van der Waals surface area contributed by atoms with Crippen LogP contribution in [0.25, 0.3) is 0 Å². The fourth-order valence-electron chi connectivity index (χ4n) is 0.634. The summed E-state index contributed by atoms with van der Waals surface area (Å²) in [6.07, 6.45) is 1.70. The zero-order valence-corrected chi connectivity index (χ0v) is 6.47. The van der Waals surface area contributed by atoms with Crippen molar-refractivity contribution >= 4 is 18.9 Å². The van der Waals surface area contributed by atoms with Crippen LogP contribution < -0.4 is 5.73 Å². The van der Waals surface area contributed by atoms with Crippen molar-refractivity contribution in [3.63, 3.8) is 0 Å². The molecule has 0 aliphatic carbocycles. The topological polar surface area (TPSA) is 43.1 Å². The van der Waals surface area contributed by atoms with E-state index in [1.807, 2.05) is 6.92 Å². The Morgan fingerprint density at radius 2 is 2.33 bits per heavy atom. The molecule has 0 heterocycles. The van der Waals surface area contributed by atoms with Gasteiger partial charge < -0.3 is 10.5 Å². The average Bonchev–Trinajstić information content (AvgIpc) is 1.90. The normalized spacial score (nSPS) is 16.8. The fourth-order valence-corrected chi connectivity index (χ4v) is 1.14. The van der Waals surface area contributed by atoms with E-state index in [4.69, 9.17) is 5.73 Å². The highest BCUT2D eigenvalue weighted by Gasteiger charge is 2.11. The molecule has 0 aromatic heterocycles. The predicted molar refractivity (Wildman–Crippen MR) is 41.7 cm³/mol. The Balaban J connectivity index is 3.63. The second-order valence-electron chi connectivity index (χ2n) is 2.06. The Morgan fingerprint density at radius 3 is 2.44 bits per heavy atom. The largest absolute Gasteiger partial charge is 0.321 e. The summed E-state index contributed by atoms with van der Waals surface area (Å²) in [6.45, 7) is 2.00. The lowest BCUT2D eigenvalue weighted by molar-refractivity contribution is -0.109. The number of carbonyl (C=O) groups excluding carboxylic acids is 1. The molecule has 0 saturated heterocycles. The van der Waals surface area contributed by atoms with Crippen LogP contribution in [0.1, 0.15) is 13.3 Å². The van der Waals surface area contributed by atoms with Gasteiger partial charge in [0.2, 0.25) is 0 Å². The zero-order valence-electron chi connectivity index (χ0n) is 5.58. The SMILES string of the molecule is CCC(CS)C(N)C=O. The quantitative estimate of drug-likeness (QED) is 0.448. The third kappa shape index (κ3) is 2.87. The highest BCUT2D eigenvalue weighted by Crippen LogP contribution is 2.06. The lowest BCUT2D eigenvalue weighted by Gasteiger charge is -2.13. The van der Waals surface area contributed by atoms with Crippen molar-refractivity contribution in [3.8, 4) is 0 Å². The Labute approximate surface area is 61.2 Å². The maximum Gasteiger partial charge on any atom is 0.136 e. The van der Waals surface area contributed by atoms with E-state index in [-0.39, 0.29) is 12.0 Å². The first kappa shape index (κ1) is 8.98. The maximum atomic E-state index is 10.1. The van der Waals surface area contributed by atoms with Gasteiger partial charge in [-0.25, -0.2) is 0 Å². The summed E-state index contributed by atoms with van der Waals surface area (Å²) in [4.78, 5) is 10.1. The Bertz CT molecular complexity index is 83.1. The zero-order chi connectivity index (χ0) is 7.28. The molecule has 0 fully saturated rings. The third-order valence-corrected chi connectivity index (χ3v) is 1.93. The van der Waals surface area contributed by atoms with Gasteiger partial charge in [-0.2, -0.15) is 12.6 Å². The van der Waals surface area contributed by atoms with Crippen LogP contribution in [0.15, 0.2) is 0 Å². The average molecular weight is 147 g/mol. The van der Waals surface area contributed by atoms with Crippen molar-refractivity contribution in [2.75, 3.05) is 5.75 Å². The first-order chi connectivity index (χ1) is 4.26. The van der Waals surface area contributed by atoms with Crippen LogP contribution in [0, 0.1) is 5.92 Å². The number of rotatable bonds is 4. The van der Waals surface area contributed by atoms with Gasteiger partial charge in [0.25, 0.3) is 0 Å². The Kier molecular flexibility index (Phi) is 4.81. The smallest absolute Gasteiger partial charge is 0.136 e. The van der Waals surface area contributed by atoms with Gasteiger partial charge in [0, 0.05) is 0 Å². The molecule has 3 heteroatoms. The van der Waals surface area contributed by atoms with Crippen LogP contribution in [-0.4, -0.2) is 18.1 Å². The molecule has 0 bridgehead atoms. The maximum absolute atomic E-state index is 10.1. The molecule has 54 valence electrons. The van der Waals surface area contributed by atoms with Crippen LogP contribution in [0.3, 0.4) is 0 Å². The molecule has 0 spiro atoms. The monoisotopic (exact) mass is 147 g/mol. The lowest BCUT2D eigenvalue weighted by atomic mass is 10.0. The Morgan fingerprint density at radius 1 is 1.78 bits per heavy atom. The van der Waals surface area contributed by atoms with E-state index < -0.39 is 0 Å². The van der Waals surface area contributed by atoms with Crippen molar-refractivity contribution in [1.29, 1.82) is 0 Å². The molecule has 0 radical (unpaired) electrons. The molecule has 0 aromatic rings. The molecule has 0 aliphatic rings. The van der Waals surface area contributed by atoms with Gasteiger partial charge in [0.1, 0.15) is 6.29 Å². The van der Waals surface area contributed by atoms with E-state index in [1.54, 1.807) is 0 Å². The minimum atomic E-state index is -0.326. The molecule has 9 heavy (non-hydrogen) atoms. The van der Waals surface area contributed by atoms with Gasteiger partial charge in [-0.15, -0.1) is 0 Å². The van der Waals surface area contributed by atoms with Crippen molar-refractivity contribution in [3.05, 3.63) is 0 Å². The predicted octanol–water partition coefficient (Wildman–Crippen LogP) is 0.469. The number of nitrogens with two attached hydrogens (primary N) is 1. The summed E-state index contributed by atoms with van der Waals surface area (Å²) in [5.41, 5.74) is 5.42. The minimum Gasteiger partial charge on any atom is -0.321 e. The molecule has 0 rings (SSSR count). The third-order valence-electron chi connectivity index (χ3n) is 1.46. The fraction of sp³-hybridized carbons (Fsp3) is 0.833. The number of carbonyl (C=O) groups is 1. The van der Waals surface area contributed by atoms with E-state index in [0.717, 1.165) is 12.7 Å². The van der Waals surface area contributed by atoms with Gasteiger partial charge in [0.15, 0.2) is 0 Å². The molecule has 0 saturated carbocycles. The second-order valence-corrected chi connectivity index (χ2v) is 2.43. The summed E-state index contributed by atoms with van der Waals surface area (Å²) >= 11 is 4.05. The highest BCUT2D eigenvalue weighted by atomic mass is 32.1. The molecular formula is C6H13NOS. The van der Waals surface area contributed by atoms with Crippen LogP contribution in [-0.2, 0) is 4.79 Å². The summed E-state index contributed by atoms with van der Waals surface area (Å²) in [5, 5.41) is 0. The van der Waals surface area contributed by atoms with Gasteiger partial charge in [0.05, 0.1) is 6.04 Å². The second kappa shape index (κ2) is 4.82. The number of hydrogen-bond donors (Lipinski definition) is 2. The summed E-state index contributed by atoms with van der Waals surface area (Å²) in [7, 11) is 0. The number of thiol groups is 1. The first-order valence-electron chi connectivity index (χ1n) is 3.08. The standard InChI is InChI=1S/C6H13NOS/c1-2-5(4-9)6(7)3-8/h3,5-6,9H,2,4,7H2,1H3. The molecule has 2 N–H and O–H groups in total. The van der Waals surface area contributed by atoms with E-state index in [0.29, 0.717) is 5.75 Å². The van der Waals surface area contributed by atoms with Crippen LogP contribution >= 0.6 is 12.6 Å². The van der Waals surface area contributed by atoms with E-state index in [1.165, 1.54) is 0 Å². The number of aldehydes is 1. The molecule has 2 atom stereocenters. The molecule has 2 unspecified atom stereocenters.